The Kier molecular flexibility index (Phi) is 3.68. The van der Waals surface area contributed by atoms with E-state index in [-0.39, 0.29) is 12.3 Å². The number of carbonyl (C=O) groups is 1. The number of halogens is 2. The maximum Gasteiger partial charge on any atom is 0.226 e. The van der Waals surface area contributed by atoms with Crippen LogP contribution >= 0.6 is 0 Å². The number of aryl methyl sites for hydroxylation is 1. The summed E-state index contributed by atoms with van der Waals surface area (Å²) in [6.07, 6.45) is 1.76. The molecule has 1 aromatic carbocycles. The first-order chi connectivity index (χ1) is 10.5. The van der Waals surface area contributed by atoms with Crippen LogP contribution in [0.2, 0.25) is 0 Å². The first-order valence-electron chi connectivity index (χ1n) is 7.22. The van der Waals surface area contributed by atoms with Crippen LogP contribution in [0, 0.1) is 18.6 Å². The summed E-state index contributed by atoms with van der Waals surface area (Å²) in [6.45, 7) is 2.22. The van der Waals surface area contributed by atoms with E-state index in [1.54, 1.807) is 0 Å². The Balaban J connectivity index is 1.62. The molecule has 6 heteroatoms. The van der Waals surface area contributed by atoms with Gasteiger partial charge in [0.1, 0.15) is 11.6 Å². The number of carbonyl (C=O) groups excluding carboxylic acids is 1. The zero-order valence-corrected chi connectivity index (χ0v) is 12.2. The molecule has 0 bridgehead atoms. The lowest BCUT2D eigenvalue weighted by Crippen LogP contribution is -2.33. The highest BCUT2D eigenvalue weighted by atomic mass is 19.1. The summed E-state index contributed by atoms with van der Waals surface area (Å²) in [4.78, 5) is 11.9. The first kappa shape index (κ1) is 14.7. The Morgan fingerprint density at radius 2 is 2.14 bits per heavy atom. The molecule has 1 heterocycles. The number of nitrogens with zero attached hydrogens (tertiary/aromatic N) is 1. The number of amides is 1. The lowest BCUT2D eigenvalue weighted by atomic mass is 9.95. The quantitative estimate of drug-likeness (QED) is 0.891. The number of rotatable bonds is 5. The lowest BCUT2D eigenvalue weighted by Gasteiger charge is -2.17. The Bertz CT molecular complexity index is 707. The van der Waals surface area contributed by atoms with Gasteiger partial charge in [0.15, 0.2) is 0 Å². The van der Waals surface area contributed by atoms with Crippen LogP contribution in [0.4, 0.5) is 8.78 Å². The fourth-order valence-corrected chi connectivity index (χ4v) is 2.67. The topological polar surface area (TPSA) is 57.8 Å². The number of benzene rings is 1. The van der Waals surface area contributed by atoms with Gasteiger partial charge in [-0.3, -0.25) is 9.89 Å². The van der Waals surface area contributed by atoms with Crippen LogP contribution in [0.25, 0.3) is 0 Å². The van der Waals surface area contributed by atoms with Crippen molar-refractivity contribution in [2.75, 3.05) is 6.54 Å². The van der Waals surface area contributed by atoms with E-state index < -0.39 is 17.0 Å². The second kappa shape index (κ2) is 5.51. The normalized spacial score (nSPS) is 15.6. The zero-order chi connectivity index (χ0) is 15.7. The molecule has 0 aliphatic heterocycles. The van der Waals surface area contributed by atoms with Gasteiger partial charge in [0.2, 0.25) is 5.91 Å². The van der Waals surface area contributed by atoms with E-state index in [1.807, 2.05) is 13.0 Å². The summed E-state index contributed by atoms with van der Waals surface area (Å²) in [5.41, 5.74) is 1.65. The van der Waals surface area contributed by atoms with Crippen molar-refractivity contribution in [2.45, 2.75) is 31.6 Å². The van der Waals surface area contributed by atoms with Crippen LogP contribution in [-0.2, 0) is 16.6 Å². The van der Waals surface area contributed by atoms with Crippen molar-refractivity contribution in [3.63, 3.8) is 0 Å². The van der Waals surface area contributed by atoms with Crippen molar-refractivity contribution < 1.29 is 13.6 Å². The monoisotopic (exact) mass is 305 g/mol. The number of aromatic amines is 1. The minimum absolute atomic E-state index is 0.153. The van der Waals surface area contributed by atoms with Gasteiger partial charge in [0.25, 0.3) is 0 Å². The molecule has 1 saturated carbocycles. The highest BCUT2D eigenvalue weighted by Crippen LogP contribution is 2.48. The van der Waals surface area contributed by atoms with E-state index in [9.17, 15) is 13.6 Å². The Morgan fingerprint density at radius 3 is 2.73 bits per heavy atom. The molecule has 22 heavy (non-hydrogen) atoms. The summed E-state index contributed by atoms with van der Waals surface area (Å²) in [5, 5.41) is 9.62. The van der Waals surface area contributed by atoms with Gasteiger partial charge in [-0.05, 0) is 37.5 Å². The summed E-state index contributed by atoms with van der Waals surface area (Å²) >= 11 is 0. The fourth-order valence-electron chi connectivity index (χ4n) is 2.67. The van der Waals surface area contributed by atoms with Crippen molar-refractivity contribution in [1.82, 2.24) is 15.5 Å². The Hall–Kier alpha value is -2.24. The average Bonchev–Trinajstić information content (AvgIpc) is 3.13. The average molecular weight is 305 g/mol. The fraction of sp³-hybridized carbons (Fsp3) is 0.375. The van der Waals surface area contributed by atoms with Crippen molar-refractivity contribution >= 4 is 5.91 Å². The lowest BCUT2D eigenvalue weighted by molar-refractivity contribution is -0.120. The largest absolute Gasteiger partial charge is 0.355 e. The summed E-state index contributed by atoms with van der Waals surface area (Å²) in [7, 11) is 0. The van der Waals surface area contributed by atoms with Crippen molar-refractivity contribution in [1.29, 1.82) is 0 Å². The van der Waals surface area contributed by atoms with E-state index in [1.165, 1.54) is 12.1 Å². The molecule has 1 aliphatic rings. The van der Waals surface area contributed by atoms with E-state index in [4.69, 9.17) is 0 Å². The standard InChI is InChI=1S/C16H17F2N3O/c1-10-6-12(21-20-10)8-15(22)19-9-16(4-5-16)13-3-2-11(17)7-14(13)18/h2-3,6-7H,4-5,8-9H2,1H3,(H,19,22)(H,20,21). The highest BCUT2D eigenvalue weighted by molar-refractivity contribution is 5.78. The Labute approximate surface area is 126 Å². The minimum atomic E-state index is -0.588. The third kappa shape index (κ3) is 3.00. The highest BCUT2D eigenvalue weighted by Gasteiger charge is 2.46. The summed E-state index contributed by atoms with van der Waals surface area (Å²) < 4.78 is 26.9. The number of hydrogen-bond acceptors (Lipinski definition) is 2. The predicted octanol–water partition coefficient (Wildman–Crippen LogP) is 2.39. The van der Waals surface area contributed by atoms with Gasteiger partial charge >= 0.3 is 0 Å². The molecule has 0 atom stereocenters. The van der Waals surface area contributed by atoms with Crippen molar-refractivity contribution in [3.8, 4) is 0 Å². The SMILES string of the molecule is Cc1cc(CC(=O)NCC2(c3ccc(F)cc3F)CC2)n[nH]1. The Morgan fingerprint density at radius 1 is 1.36 bits per heavy atom. The second-order valence-electron chi connectivity index (χ2n) is 5.90. The molecule has 2 N–H and O–H groups in total. The van der Waals surface area contributed by atoms with E-state index in [2.05, 4.69) is 15.5 Å². The number of H-pyrrole nitrogens is 1. The molecule has 0 saturated heterocycles. The molecule has 1 aromatic heterocycles. The molecule has 1 amide bonds. The second-order valence-corrected chi connectivity index (χ2v) is 5.90. The van der Waals surface area contributed by atoms with Gasteiger partial charge in [0, 0.05) is 23.7 Å². The van der Waals surface area contributed by atoms with E-state index in [0.29, 0.717) is 17.8 Å². The van der Waals surface area contributed by atoms with E-state index >= 15 is 0 Å². The van der Waals surface area contributed by atoms with Gasteiger partial charge in [-0.15, -0.1) is 0 Å². The van der Waals surface area contributed by atoms with Crippen LogP contribution in [-0.4, -0.2) is 22.6 Å². The van der Waals surface area contributed by atoms with E-state index in [0.717, 1.165) is 24.6 Å². The van der Waals surface area contributed by atoms with Crippen LogP contribution < -0.4 is 5.32 Å². The molecular weight excluding hydrogens is 288 g/mol. The summed E-state index contributed by atoms with van der Waals surface area (Å²) in [6, 6.07) is 5.43. The maximum atomic E-state index is 13.9. The third-order valence-corrected chi connectivity index (χ3v) is 4.08. The van der Waals surface area contributed by atoms with Gasteiger partial charge in [0.05, 0.1) is 12.1 Å². The molecule has 3 rings (SSSR count). The minimum Gasteiger partial charge on any atom is -0.355 e. The molecule has 0 spiro atoms. The van der Waals surface area contributed by atoms with Crippen molar-refractivity contribution in [3.05, 3.63) is 52.9 Å². The molecule has 2 aromatic rings. The molecule has 1 aliphatic carbocycles. The van der Waals surface area contributed by atoms with Gasteiger partial charge in [-0.2, -0.15) is 5.10 Å². The molecule has 0 unspecified atom stereocenters. The molecule has 1 fully saturated rings. The number of aromatic nitrogens is 2. The van der Waals surface area contributed by atoms with Gasteiger partial charge in [-0.25, -0.2) is 8.78 Å². The van der Waals surface area contributed by atoms with Crippen LogP contribution in [0.3, 0.4) is 0 Å². The number of hydrogen-bond donors (Lipinski definition) is 2. The molecule has 116 valence electrons. The number of nitrogens with one attached hydrogen (secondary N) is 2. The van der Waals surface area contributed by atoms with Gasteiger partial charge in [-0.1, -0.05) is 6.07 Å². The zero-order valence-electron chi connectivity index (χ0n) is 12.2. The first-order valence-corrected chi connectivity index (χ1v) is 7.22. The van der Waals surface area contributed by atoms with Crippen LogP contribution in [0.1, 0.15) is 29.8 Å². The van der Waals surface area contributed by atoms with Crippen molar-refractivity contribution in [2.24, 2.45) is 0 Å². The van der Waals surface area contributed by atoms with Crippen LogP contribution in [0.5, 0.6) is 0 Å². The third-order valence-electron chi connectivity index (χ3n) is 4.08. The smallest absolute Gasteiger partial charge is 0.226 e. The molecule has 4 nitrogen and oxygen atoms in total. The van der Waals surface area contributed by atoms with Crippen LogP contribution in [0.15, 0.2) is 24.3 Å². The molecule has 0 radical (unpaired) electrons. The molecular formula is C16H17F2N3O. The predicted molar refractivity (Wildman–Crippen MR) is 77.3 cm³/mol. The van der Waals surface area contributed by atoms with Gasteiger partial charge < -0.3 is 5.32 Å². The maximum absolute atomic E-state index is 13.9. The summed E-state index contributed by atoms with van der Waals surface area (Å²) in [5.74, 6) is -1.29.